The van der Waals surface area contributed by atoms with Crippen molar-refractivity contribution < 1.29 is 23.5 Å². The molecule has 2 aromatic heterocycles. The van der Waals surface area contributed by atoms with E-state index in [0.717, 1.165) is 4.90 Å². The highest BCUT2D eigenvalue weighted by molar-refractivity contribution is 6.38. The zero-order valence-electron chi connectivity index (χ0n) is 17.4. The van der Waals surface area contributed by atoms with Gasteiger partial charge in [0.2, 0.25) is 0 Å². The van der Waals surface area contributed by atoms with Gasteiger partial charge in [-0.1, -0.05) is 0 Å². The Bertz CT molecular complexity index is 1410. The largest absolute Gasteiger partial charge is 0.497 e. The van der Waals surface area contributed by atoms with E-state index >= 15 is 0 Å². The quantitative estimate of drug-likeness (QED) is 0.458. The fourth-order valence-electron chi connectivity index (χ4n) is 3.93. The van der Waals surface area contributed by atoms with Crippen molar-refractivity contribution in [3.05, 3.63) is 65.6 Å². The lowest BCUT2D eigenvalue weighted by atomic mass is 10.0. The Morgan fingerprint density at radius 1 is 0.969 bits per heavy atom. The molecule has 0 aliphatic carbocycles. The first kappa shape index (κ1) is 19.7. The topological polar surface area (TPSA) is 86.6 Å². The Labute approximate surface area is 181 Å². The second kappa shape index (κ2) is 7.16. The summed E-state index contributed by atoms with van der Waals surface area (Å²) in [7, 11) is 4.64. The first-order valence-electron chi connectivity index (χ1n) is 9.67. The number of imide groups is 1. The van der Waals surface area contributed by atoms with Gasteiger partial charge in [0.15, 0.2) is 5.65 Å². The van der Waals surface area contributed by atoms with E-state index in [-0.39, 0.29) is 22.6 Å². The summed E-state index contributed by atoms with van der Waals surface area (Å²) < 4.78 is 25.6. The smallest absolute Gasteiger partial charge is 0.267 e. The van der Waals surface area contributed by atoms with Crippen LogP contribution >= 0.6 is 0 Å². The van der Waals surface area contributed by atoms with Gasteiger partial charge in [-0.2, -0.15) is 5.10 Å². The molecule has 0 bridgehead atoms. The second-order valence-electron chi connectivity index (χ2n) is 7.21. The van der Waals surface area contributed by atoms with Gasteiger partial charge < -0.3 is 9.47 Å². The van der Waals surface area contributed by atoms with Gasteiger partial charge >= 0.3 is 0 Å². The maximum absolute atomic E-state index is 13.6. The minimum atomic E-state index is -0.528. The highest BCUT2D eigenvalue weighted by atomic mass is 19.1. The van der Waals surface area contributed by atoms with E-state index in [9.17, 15) is 14.0 Å². The summed E-state index contributed by atoms with van der Waals surface area (Å²) in [5, 5.41) is 4.92. The van der Waals surface area contributed by atoms with Crippen LogP contribution < -0.4 is 14.4 Å². The Hall–Kier alpha value is -4.27. The maximum Gasteiger partial charge on any atom is 0.267 e. The van der Waals surface area contributed by atoms with E-state index in [1.165, 1.54) is 37.2 Å². The number of hydrogen-bond donors (Lipinski definition) is 0. The molecule has 0 fully saturated rings. The first-order valence-corrected chi connectivity index (χ1v) is 9.67. The van der Waals surface area contributed by atoms with E-state index in [4.69, 9.17) is 9.47 Å². The van der Waals surface area contributed by atoms with Crippen molar-refractivity contribution in [3.63, 3.8) is 0 Å². The lowest BCUT2D eigenvalue weighted by Crippen LogP contribution is -2.29. The highest BCUT2D eigenvalue weighted by Gasteiger charge is 2.41. The molecule has 5 rings (SSSR count). The minimum Gasteiger partial charge on any atom is -0.497 e. The molecule has 0 spiro atoms. The number of methoxy groups -OCH3 is 2. The number of fused-ring (bicyclic) bond motifs is 3. The summed E-state index contributed by atoms with van der Waals surface area (Å²) in [4.78, 5) is 32.4. The van der Waals surface area contributed by atoms with E-state index in [0.29, 0.717) is 33.8 Å². The molecule has 2 aromatic carbocycles. The summed E-state index contributed by atoms with van der Waals surface area (Å²) in [6.45, 7) is 0. The Kier molecular flexibility index (Phi) is 4.40. The average Bonchev–Trinajstić information content (AvgIpc) is 3.27. The molecular formula is C23H17FN4O4. The van der Waals surface area contributed by atoms with Crippen LogP contribution in [0.15, 0.2) is 48.7 Å². The maximum atomic E-state index is 13.6. The molecule has 32 heavy (non-hydrogen) atoms. The van der Waals surface area contributed by atoms with Gasteiger partial charge in [0, 0.05) is 24.9 Å². The molecule has 0 radical (unpaired) electrons. The Morgan fingerprint density at radius 3 is 2.41 bits per heavy atom. The summed E-state index contributed by atoms with van der Waals surface area (Å²) in [5.41, 5.74) is 2.08. The van der Waals surface area contributed by atoms with Crippen LogP contribution in [0.2, 0.25) is 0 Å². The van der Waals surface area contributed by atoms with Crippen molar-refractivity contribution in [2.75, 3.05) is 19.1 Å². The molecule has 0 saturated carbocycles. The molecule has 4 aromatic rings. The number of pyridine rings is 1. The molecule has 1 aliphatic rings. The number of rotatable bonds is 4. The summed E-state index contributed by atoms with van der Waals surface area (Å²) in [6, 6.07) is 10.6. The van der Waals surface area contributed by atoms with Crippen molar-refractivity contribution in [1.82, 2.24) is 14.8 Å². The van der Waals surface area contributed by atoms with E-state index in [2.05, 4.69) is 10.1 Å². The van der Waals surface area contributed by atoms with Crippen LogP contribution in [0, 0.1) is 5.82 Å². The van der Waals surface area contributed by atoms with Crippen LogP contribution in [0.25, 0.3) is 22.3 Å². The van der Waals surface area contributed by atoms with Crippen LogP contribution in [0.4, 0.5) is 10.1 Å². The fourth-order valence-corrected chi connectivity index (χ4v) is 3.93. The van der Waals surface area contributed by atoms with Crippen LogP contribution in [0.1, 0.15) is 20.7 Å². The second-order valence-corrected chi connectivity index (χ2v) is 7.21. The molecule has 160 valence electrons. The summed E-state index contributed by atoms with van der Waals surface area (Å²) in [5.74, 6) is -0.636. The lowest BCUT2D eigenvalue weighted by Gasteiger charge is -2.18. The predicted octanol–water partition coefficient (Wildman–Crippen LogP) is 3.59. The number of anilines is 1. The van der Waals surface area contributed by atoms with Crippen molar-refractivity contribution in [2.45, 2.75) is 0 Å². The molecule has 8 nitrogen and oxygen atoms in total. The van der Waals surface area contributed by atoms with Gasteiger partial charge in [0.1, 0.15) is 23.0 Å². The highest BCUT2D eigenvalue weighted by Crippen LogP contribution is 2.40. The van der Waals surface area contributed by atoms with Crippen LogP contribution in [0.5, 0.6) is 11.5 Å². The monoisotopic (exact) mass is 432 g/mol. The predicted molar refractivity (Wildman–Crippen MR) is 115 cm³/mol. The van der Waals surface area contributed by atoms with E-state index in [1.807, 2.05) is 0 Å². The summed E-state index contributed by atoms with van der Waals surface area (Å²) in [6.07, 6.45) is 1.38. The number of aromatic nitrogens is 3. The molecule has 0 N–H and O–H groups in total. The standard InChI is InChI=1S/C23H17FN4O4/c1-27-21-19(20(26-27)12-4-6-13(24)7-5-12)18-15(11-25-21)22(29)28(23(18)30)16-10-14(31-2)8-9-17(16)32-3/h4-11H,1-3H3. The van der Waals surface area contributed by atoms with E-state index < -0.39 is 11.8 Å². The third-order valence-corrected chi connectivity index (χ3v) is 5.45. The van der Waals surface area contributed by atoms with Crippen molar-refractivity contribution >= 4 is 28.5 Å². The van der Waals surface area contributed by atoms with Crippen LogP contribution in [0.3, 0.4) is 0 Å². The normalized spacial score (nSPS) is 13.1. The van der Waals surface area contributed by atoms with Crippen LogP contribution in [-0.2, 0) is 7.05 Å². The van der Waals surface area contributed by atoms with Gasteiger partial charge in [-0.05, 0) is 36.4 Å². The number of benzene rings is 2. The van der Waals surface area contributed by atoms with Crippen molar-refractivity contribution in [2.24, 2.45) is 7.05 Å². The molecule has 3 heterocycles. The molecule has 9 heteroatoms. The Balaban J connectivity index is 1.75. The lowest BCUT2D eigenvalue weighted by molar-refractivity contribution is 0.0925. The molecule has 0 saturated heterocycles. The first-order chi connectivity index (χ1) is 15.4. The number of nitrogens with zero attached hydrogens (tertiary/aromatic N) is 4. The zero-order chi connectivity index (χ0) is 22.6. The number of halogens is 1. The third kappa shape index (κ3) is 2.74. The van der Waals surface area contributed by atoms with Crippen LogP contribution in [-0.4, -0.2) is 40.8 Å². The number of carbonyl (C=O) groups excluding carboxylic acids is 2. The van der Waals surface area contributed by atoms with Gasteiger partial charge in [0.25, 0.3) is 11.8 Å². The molecular weight excluding hydrogens is 415 g/mol. The Morgan fingerprint density at radius 2 is 1.72 bits per heavy atom. The average molecular weight is 432 g/mol. The number of aryl methyl sites for hydroxylation is 1. The third-order valence-electron chi connectivity index (χ3n) is 5.45. The number of carbonyl (C=O) groups is 2. The van der Waals surface area contributed by atoms with Gasteiger partial charge in [-0.3, -0.25) is 9.59 Å². The van der Waals surface area contributed by atoms with Gasteiger partial charge in [0.05, 0.1) is 36.4 Å². The molecule has 2 amide bonds. The molecule has 0 unspecified atom stereocenters. The van der Waals surface area contributed by atoms with Crippen molar-refractivity contribution in [1.29, 1.82) is 0 Å². The number of amides is 2. The zero-order valence-corrected chi connectivity index (χ0v) is 17.4. The molecule has 1 aliphatic heterocycles. The molecule has 0 atom stereocenters. The van der Waals surface area contributed by atoms with E-state index in [1.54, 1.807) is 37.4 Å². The van der Waals surface area contributed by atoms with Gasteiger partial charge in [-0.25, -0.2) is 19.0 Å². The fraction of sp³-hybridized carbons (Fsp3) is 0.130. The van der Waals surface area contributed by atoms with Crippen molar-refractivity contribution in [3.8, 4) is 22.8 Å². The minimum absolute atomic E-state index is 0.156. The summed E-state index contributed by atoms with van der Waals surface area (Å²) >= 11 is 0. The van der Waals surface area contributed by atoms with Gasteiger partial charge in [-0.15, -0.1) is 0 Å². The number of ether oxygens (including phenoxy) is 2. The number of hydrogen-bond acceptors (Lipinski definition) is 6. The SMILES string of the molecule is COc1ccc(OC)c(N2C(=O)c3cnc4c(c(-c5ccc(F)cc5)nn4C)c3C2=O)c1.